The Morgan fingerprint density at radius 3 is 2.04 bits per heavy atom. The molecule has 0 aliphatic carbocycles. The van der Waals surface area contributed by atoms with Crippen LogP contribution in [-0.4, -0.2) is 35.3 Å². The van der Waals surface area contributed by atoms with E-state index in [2.05, 4.69) is 5.32 Å². The van der Waals surface area contributed by atoms with Crippen LogP contribution in [0.25, 0.3) is 0 Å². The largest absolute Gasteiger partial charge is 0.481 e. The summed E-state index contributed by atoms with van der Waals surface area (Å²) in [5.41, 5.74) is 0.411. The number of carboxylic acids is 1. The van der Waals surface area contributed by atoms with Crippen LogP contribution in [0.1, 0.15) is 52.4 Å². The quantitative estimate of drug-likeness (QED) is 0.810. The first-order valence-corrected chi connectivity index (χ1v) is 7.97. The van der Waals surface area contributed by atoms with Crippen LogP contribution in [0.2, 0.25) is 0 Å². The summed E-state index contributed by atoms with van der Waals surface area (Å²) in [6.07, 6.45) is -0.101. The van der Waals surface area contributed by atoms with Crippen LogP contribution in [-0.2, 0) is 18.9 Å². The monoisotopic (exact) mass is 333 g/mol. The van der Waals surface area contributed by atoms with Gasteiger partial charge in [-0.15, -0.1) is 0 Å². The number of carboxylic acid groups (broad SMARTS) is 1. The van der Waals surface area contributed by atoms with Crippen LogP contribution in [0.5, 0.6) is 0 Å². The Morgan fingerprint density at radius 1 is 1.12 bits per heavy atom. The van der Waals surface area contributed by atoms with Gasteiger partial charge < -0.3 is 19.7 Å². The molecule has 1 unspecified atom stereocenters. The predicted octanol–water partition coefficient (Wildman–Crippen LogP) is 2.83. The van der Waals surface area contributed by atoms with Crippen LogP contribution in [0.3, 0.4) is 0 Å². The molecule has 130 valence electrons. The Labute approximate surface area is 142 Å². The lowest BCUT2D eigenvalue weighted by atomic mass is 9.66. The lowest BCUT2D eigenvalue weighted by Gasteiger charge is -2.32. The minimum Gasteiger partial charge on any atom is -0.481 e. The van der Waals surface area contributed by atoms with Crippen molar-refractivity contribution in [1.82, 2.24) is 0 Å². The molecule has 1 aromatic carbocycles. The summed E-state index contributed by atoms with van der Waals surface area (Å²) in [7, 11) is -0.641. The lowest BCUT2D eigenvalue weighted by molar-refractivity contribution is -0.137. The lowest BCUT2D eigenvalue weighted by Crippen LogP contribution is -2.41. The van der Waals surface area contributed by atoms with Crippen molar-refractivity contribution in [3.8, 4) is 0 Å². The fraction of sp³-hybridized carbons (Fsp3) is 0.529. The number of hydrogen-bond acceptors (Lipinski definition) is 4. The molecule has 1 aliphatic rings. The van der Waals surface area contributed by atoms with E-state index in [1.165, 1.54) is 6.92 Å². The van der Waals surface area contributed by atoms with Gasteiger partial charge in [-0.25, -0.2) is 0 Å². The van der Waals surface area contributed by atoms with Crippen LogP contribution >= 0.6 is 0 Å². The molecule has 0 aromatic heterocycles. The van der Waals surface area contributed by atoms with Gasteiger partial charge in [-0.1, -0.05) is 12.1 Å². The molecular formula is C17H24BNO5. The fourth-order valence-electron chi connectivity index (χ4n) is 2.63. The van der Waals surface area contributed by atoms with Gasteiger partial charge in [-0.05, 0) is 45.4 Å². The molecule has 0 saturated carbocycles. The molecule has 0 radical (unpaired) electrons. The Bertz CT molecular complexity index is 610. The Kier molecular flexibility index (Phi) is 5.06. The van der Waals surface area contributed by atoms with Gasteiger partial charge in [0.05, 0.1) is 17.6 Å². The first kappa shape index (κ1) is 18.5. The van der Waals surface area contributed by atoms with Crippen molar-refractivity contribution in [2.75, 3.05) is 5.32 Å². The highest BCUT2D eigenvalue weighted by molar-refractivity contribution is 6.48. The van der Waals surface area contributed by atoms with Gasteiger partial charge in [0.15, 0.2) is 0 Å². The second-order valence-corrected chi connectivity index (χ2v) is 7.13. The van der Waals surface area contributed by atoms with Crippen molar-refractivity contribution >= 4 is 24.7 Å². The summed E-state index contributed by atoms with van der Waals surface area (Å²) in [5.74, 6) is -1.51. The van der Waals surface area contributed by atoms with Gasteiger partial charge in [0.1, 0.15) is 0 Å². The number of benzene rings is 1. The zero-order valence-corrected chi connectivity index (χ0v) is 14.8. The van der Waals surface area contributed by atoms with Gasteiger partial charge >= 0.3 is 13.1 Å². The van der Waals surface area contributed by atoms with Crippen LogP contribution in [0.15, 0.2) is 24.3 Å². The number of rotatable bonds is 5. The standard InChI is InChI=1S/C17H24BNO5/c1-11(20)19-13-8-6-12(7-9-13)14(10-15(21)22)18-23-16(2,3)17(4,5)24-18/h6-9,14H,10H2,1-5H3,(H,19,20)(H,21,22). The molecule has 1 fully saturated rings. The molecule has 1 saturated heterocycles. The summed E-state index contributed by atoms with van der Waals surface area (Å²) in [5, 5.41) is 12.0. The summed E-state index contributed by atoms with van der Waals surface area (Å²) >= 11 is 0. The number of hydrogen-bond donors (Lipinski definition) is 2. The number of nitrogens with one attached hydrogen (secondary N) is 1. The molecular weight excluding hydrogens is 309 g/mol. The smallest absolute Gasteiger partial charge is 0.466 e. The van der Waals surface area contributed by atoms with E-state index in [9.17, 15) is 14.7 Å². The number of amides is 1. The molecule has 1 aliphatic heterocycles. The maximum Gasteiger partial charge on any atom is 0.466 e. The molecule has 1 amide bonds. The molecule has 0 spiro atoms. The minimum absolute atomic E-state index is 0.101. The third-order valence-electron chi connectivity index (χ3n) is 4.65. The van der Waals surface area contributed by atoms with Gasteiger partial charge in [0, 0.05) is 18.4 Å². The third kappa shape index (κ3) is 3.97. The highest BCUT2D eigenvalue weighted by Crippen LogP contribution is 2.41. The van der Waals surface area contributed by atoms with E-state index in [4.69, 9.17) is 9.31 Å². The molecule has 1 aromatic rings. The molecule has 24 heavy (non-hydrogen) atoms. The van der Waals surface area contributed by atoms with Crippen molar-refractivity contribution in [1.29, 1.82) is 0 Å². The molecule has 1 atom stereocenters. The second-order valence-electron chi connectivity index (χ2n) is 7.13. The van der Waals surface area contributed by atoms with Crippen molar-refractivity contribution in [3.05, 3.63) is 29.8 Å². The van der Waals surface area contributed by atoms with E-state index >= 15 is 0 Å². The highest BCUT2D eigenvalue weighted by atomic mass is 16.7. The van der Waals surface area contributed by atoms with Gasteiger partial charge in [0.25, 0.3) is 0 Å². The SMILES string of the molecule is CC(=O)Nc1ccc(C(CC(=O)O)B2OC(C)(C)C(C)(C)O2)cc1. The summed E-state index contributed by atoms with van der Waals surface area (Å²) < 4.78 is 12.0. The maximum atomic E-state index is 11.3. The van der Waals surface area contributed by atoms with Gasteiger partial charge in [-0.2, -0.15) is 0 Å². The van der Waals surface area contributed by atoms with E-state index in [0.717, 1.165) is 5.56 Å². The Morgan fingerprint density at radius 2 is 1.62 bits per heavy atom. The average Bonchev–Trinajstić information content (AvgIpc) is 2.65. The van der Waals surface area contributed by atoms with E-state index in [1.54, 1.807) is 24.3 Å². The molecule has 7 heteroatoms. The van der Waals surface area contributed by atoms with Gasteiger partial charge in [-0.3, -0.25) is 9.59 Å². The number of carbonyl (C=O) groups excluding carboxylic acids is 1. The maximum absolute atomic E-state index is 11.3. The highest BCUT2D eigenvalue weighted by Gasteiger charge is 2.54. The zero-order chi connectivity index (χ0) is 18.1. The first-order valence-electron chi connectivity index (χ1n) is 7.97. The summed E-state index contributed by atoms with van der Waals surface area (Å²) in [6, 6.07) is 7.08. The van der Waals surface area contributed by atoms with E-state index in [0.29, 0.717) is 5.69 Å². The average molecular weight is 333 g/mol. The zero-order valence-electron chi connectivity index (χ0n) is 14.8. The van der Waals surface area contributed by atoms with Crippen molar-refractivity contribution in [2.45, 2.75) is 58.1 Å². The number of aliphatic carboxylic acids is 1. The second kappa shape index (κ2) is 6.57. The number of anilines is 1. The molecule has 2 N–H and O–H groups in total. The molecule has 6 nitrogen and oxygen atoms in total. The topological polar surface area (TPSA) is 84.9 Å². The predicted molar refractivity (Wildman–Crippen MR) is 91.8 cm³/mol. The van der Waals surface area contributed by atoms with Crippen molar-refractivity contribution in [2.24, 2.45) is 0 Å². The summed E-state index contributed by atoms with van der Waals surface area (Å²) in [6.45, 7) is 9.18. The van der Waals surface area contributed by atoms with Crippen LogP contribution in [0.4, 0.5) is 5.69 Å². The van der Waals surface area contributed by atoms with E-state index < -0.39 is 30.1 Å². The molecule has 0 bridgehead atoms. The normalized spacial score (nSPS) is 19.8. The van der Waals surface area contributed by atoms with Gasteiger partial charge in [0.2, 0.25) is 5.91 Å². The Hall–Kier alpha value is -1.86. The van der Waals surface area contributed by atoms with Crippen molar-refractivity contribution < 1.29 is 24.0 Å². The fourth-order valence-corrected chi connectivity index (χ4v) is 2.63. The number of carbonyl (C=O) groups is 2. The van der Waals surface area contributed by atoms with E-state index in [-0.39, 0.29) is 12.3 Å². The van der Waals surface area contributed by atoms with Crippen LogP contribution in [0, 0.1) is 0 Å². The molecule has 1 heterocycles. The molecule has 2 rings (SSSR count). The third-order valence-corrected chi connectivity index (χ3v) is 4.65. The van der Waals surface area contributed by atoms with E-state index in [1.807, 2.05) is 27.7 Å². The minimum atomic E-state index is -0.916. The first-order chi connectivity index (χ1) is 11.0. The van der Waals surface area contributed by atoms with Crippen molar-refractivity contribution in [3.63, 3.8) is 0 Å². The Balaban J connectivity index is 2.26. The summed E-state index contributed by atoms with van der Waals surface area (Å²) in [4.78, 5) is 22.4. The van der Waals surface area contributed by atoms with Crippen LogP contribution < -0.4 is 5.32 Å².